The second-order valence-corrected chi connectivity index (χ2v) is 10.4. The molecule has 9 heteroatoms. The third kappa shape index (κ3) is 5.01. The van der Waals surface area contributed by atoms with Gasteiger partial charge in [-0.2, -0.15) is 0 Å². The SMILES string of the molecule is CN(Cc1cccc(F)c1)c1ncnc2c1ncn2[C@H]1CC[C@@H](COCc2ccc3ccccc3c2Br)O1. The first-order valence-corrected chi connectivity index (χ1v) is 13.4. The quantitative estimate of drug-likeness (QED) is 0.213. The maximum Gasteiger partial charge on any atom is 0.167 e. The lowest BCUT2D eigenvalue weighted by atomic mass is 10.1. The van der Waals surface area contributed by atoms with Crippen molar-refractivity contribution in [3.05, 3.63) is 94.7 Å². The Kier molecular flexibility index (Phi) is 7.06. The average molecular weight is 576 g/mol. The van der Waals surface area contributed by atoms with Gasteiger partial charge in [0.25, 0.3) is 0 Å². The minimum Gasteiger partial charge on any atom is -0.374 e. The van der Waals surface area contributed by atoms with Crippen molar-refractivity contribution in [3.8, 4) is 0 Å². The number of hydrogen-bond donors (Lipinski definition) is 0. The van der Waals surface area contributed by atoms with Gasteiger partial charge in [-0.3, -0.25) is 4.57 Å². The molecule has 0 bridgehead atoms. The van der Waals surface area contributed by atoms with E-state index in [4.69, 9.17) is 9.47 Å². The Labute approximate surface area is 228 Å². The lowest BCUT2D eigenvalue weighted by Gasteiger charge is -2.19. The van der Waals surface area contributed by atoms with Crippen molar-refractivity contribution in [3.63, 3.8) is 0 Å². The zero-order valence-electron chi connectivity index (χ0n) is 20.9. The van der Waals surface area contributed by atoms with Gasteiger partial charge >= 0.3 is 0 Å². The predicted molar refractivity (Wildman–Crippen MR) is 148 cm³/mol. The topological polar surface area (TPSA) is 65.3 Å². The molecule has 0 radical (unpaired) electrons. The van der Waals surface area contributed by atoms with Crippen LogP contribution in [0.1, 0.15) is 30.2 Å². The van der Waals surface area contributed by atoms with Gasteiger partial charge in [0.05, 0.1) is 25.6 Å². The van der Waals surface area contributed by atoms with Gasteiger partial charge in [0.15, 0.2) is 17.0 Å². The number of halogens is 2. The molecule has 6 rings (SSSR count). The summed E-state index contributed by atoms with van der Waals surface area (Å²) in [5.41, 5.74) is 3.38. The minimum atomic E-state index is -0.255. The molecule has 1 aliphatic heterocycles. The van der Waals surface area contributed by atoms with Gasteiger partial charge in [-0.25, -0.2) is 19.3 Å². The Bertz CT molecular complexity index is 1590. The van der Waals surface area contributed by atoms with E-state index >= 15 is 0 Å². The monoisotopic (exact) mass is 575 g/mol. The number of hydrogen-bond acceptors (Lipinski definition) is 6. The van der Waals surface area contributed by atoms with Gasteiger partial charge in [0, 0.05) is 18.1 Å². The fourth-order valence-corrected chi connectivity index (χ4v) is 5.63. The molecule has 1 saturated heterocycles. The number of imidazole rings is 1. The van der Waals surface area contributed by atoms with Gasteiger partial charge in [0.1, 0.15) is 18.4 Å². The summed E-state index contributed by atoms with van der Waals surface area (Å²) in [5.74, 6) is 0.437. The van der Waals surface area contributed by atoms with E-state index < -0.39 is 0 Å². The number of aromatic nitrogens is 4. The van der Waals surface area contributed by atoms with Crippen LogP contribution in [0.5, 0.6) is 0 Å². The normalized spacial score (nSPS) is 17.4. The first kappa shape index (κ1) is 24.9. The van der Waals surface area contributed by atoms with Crippen molar-refractivity contribution in [2.24, 2.45) is 0 Å². The Morgan fingerprint density at radius 1 is 1.08 bits per heavy atom. The highest BCUT2D eigenvalue weighted by Crippen LogP contribution is 2.33. The smallest absolute Gasteiger partial charge is 0.167 e. The van der Waals surface area contributed by atoms with Crippen molar-refractivity contribution < 1.29 is 13.9 Å². The average Bonchev–Trinajstić information content (AvgIpc) is 3.57. The highest BCUT2D eigenvalue weighted by atomic mass is 79.9. The van der Waals surface area contributed by atoms with Gasteiger partial charge in [0.2, 0.25) is 0 Å². The van der Waals surface area contributed by atoms with Crippen LogP contribution in [-0.2, 0) is 22.6 Å². The summed E-state index contributed by atoms with van der Waals surface area (Å²) < 4.78 is 29.1. The fraction of sp³-hybridized carbons (Fsp3) is 0.276. The molecule has 0 N–H and O–H groups in total. The van der Waals surface area contributed by atoms with Crippen LogP contribution in [0, 0.1) is 5.82 Å². The molecule has 3 heterocycles. The van der Waals surface area contributed by atoms with E-state index in [0.29, 0.717) is 36.7 Å². The van der Waals surface area contributed by atoms with Crippen LogP contribution < -0.4 is 4.90 Å². The Morgan fingerprint density at radius 3 is 2.87 bits per heavy atom. The molecule has 2 atom stereocenters. The summed E-state index contributed by atoms with van der Waals surface area (Å²) in [6.07, 6.45) is 4.86. The van der Waals surface area contributed by atoms with E-state index in [1.54, 1.807) is 12.4 Å². The van der Waals surface area contributed by atoms with Crippen LogP contribution in [0.15, 0.2) is 77.8 Å². The maximum atomic E-state index is 13.6. The zero-order chi connectivity index (χ0) is 26.1. The molecule has 0 amide bonds. The lowest BCUT2D eigenvalue weighted by molar-refractivity contribution is -0.0434. The van der Waals surface area contributed by atoms with Crippen LogP contribution in [-0.4, -0.2) is 39.3 Å². The Hall–Kier alpha value is -3.40. The number of fused-ring (bicyclic) bond motifs is 2. The third-order valence-electron chi connectivity index (χ3n) is 6.91. The molecule has 3 aromatic carbocycles. The summed E-state index contributed by atoms with van der Waals surface area (Å²) in [5, 5.41) is 2.38. The molecular weight excluding hydrogens is 549 g/mol. The summed E-state index contributed by atoms with van der Waals surface area (Å²) in [6.45, 7) is 1.53. The number of anilines is 1. The predicted octanol–water partition coefficient (Wildman–Crippen LogP) is 6.41. The van der Waals surface area contributed by atoms with Gasteiger partial charge in [-0.05, 0) is 62.8 Å². The summed E-state index contributed by atoms with van der Waals surface area (Å²) >= 11 is 3.74. The zero-order valence-corrected chi connectivity index (χ0v) is 22.5. The molecule has 2 aromatic heterocycles. The molecule has 194 valence electrons. The Morgan fingerprint density at radius 2 is 1.97 bits per heavy atom. The van der Waals surface area contributed by atoms with E-state index in [-0.39, 0.29) is 18.1 Å². The molecule has 0 saturated carbocycles. The first-order valence-electron chi connectivity index (χ1n) is 12.6. The first-order chi connectivity index (χ1) is 18.6. The molecule has 7 nitrogen and oxygen atoms in total. The Balaban J connectivity index is 1.10. The fourth-order valence-electron chi connectivity index (χ4n) is 5.02. The summed E-state index contributed by atoms with van der Waals surface area (Å²) in [7, 11) is 1.92. The largest absolute Gasteiger partial charge is 0.374 e. The number of nitrogens with zero attached hydrogens (tertiary/aromatic N) is 5. The number of rotatable bonds is 8. The molecular formula is C29H27BrFN5O2. The van der Waals surface area contributed by atoms with Gasteiger partial charge in [-0.15, -0.1) is 0 Å². The van der Waals surface area contributed by atoms with Gasteiger partial charge in [-0.1, -0.05) is 48.5 Å². The highest BCUT2D eigenvalue weighted by molar-refractivity contribution is 9.10. The van der Waals surface area contributed by atoms with Crippen LogP contribution in [0.25, 0.3) is 21.9 Å². The molecule has 1 aliphatic rings. The minimum absolute atomic E-state index is 0.00589. The van der Waals surface area contributed by atoms with E-state index in [9.17, 15) is 4.39 Å². The van der Waals surface area contributed by atoms with Crippen LogP contribution in [0.2, 0.25) is 0 Å². The van der Waals surface area contributed by atoms with Gasteiger partial charge < -0.3 is 14.4 Å². The molecule has 0 unspecified atom stereocenters. The lowest BCUT2D eigenvalue weighted by Crippen LogP contribution is -2.19. The van der Waals surface area contributed by atoms with Crippen LogP contribution in [0.3, 0.4) is 0 Å². The van der Waals surface area contributed by atoms with E-state index in [2.05, 4.69) is 55.1 Å². The summed E-state index contributed by atoms with van der Waals surface area (Å²) in [6, 6.07) is 19.1. The number of benzene rings is 3. The highest BCUT2D eigenvalue weighted by Gasteiger charge is 2.29. The van der Waals surface area contributed by atoms with Crippen molar-refractivity contribution in [1.82, 2.24) is 19.5 Å². The van der Waals surface area contributed by atoms with Crippen molar-refractivity contribution >= 4 is 43.7 Å². The standard InChI is InChI=1S/C29H27BrFN5O2/c1-35(14-19-5-4-7-22(31)13-19)28-27-29(33-17-32-28)36(18-34-27)25-12-11-23(38-25)16-37-15-21-10-9-20-6-2-3-8-24(20)26(21)30/h2-10,13,17-18,23,25H,11-12,14-16H2,1H3/t23-,25+/m0/s1. The summed E-state index contributed by atoms with van der Waals surface area (Å²) in [4.78, 5) is 15.5. The van der Waals surface area contributed by atoms with Crippen LogP contribution >= 0.6 is 15.9 Å². The van der Waals surface area contributed by atoms with E-state index in [1.807, 2.05) is 34.7 Å². The third-order valence-corrected chi connectivity index (χ3v) is 7.85. The second-order valence-electron chi connectivity index (χ2n) is 9.57. The van der Waals surface area contributed by atoms with E-state index in [1.165, 1.54) is 29.2 Å². The van der Waals surface area contributed by atoms with Crippen molar-refractivity contribution in [2.75, 3.05) is 18.6 Å². The number of ether oxygens (including phenoxy) is 2. The van der Waals surface area contributed by atoms with Crippen LogP contribution in [0.4, 0.5) is 10.2 Å². The van der Waals surface area contributed by atoms with E-state index in [0.717, 1.165) is 28.4 Å². The molecule has 5 aromatic rings. The molecule has 1 fully saturated rings. The maximum absolute atomic E-state index is 13.6. The van der Waals surface area contributed by atoms with Crippen molar-refractivity contribution in [2.45, 2.75) is 38.3 Å². The molecule has 38 heavy (non-hydrogen) atoms. The molecule has 0 spiro atoms. The molecule has 0 aliphatic carbocycles. The second kappa shape index (κ2) is 10.8. The van der Waals surface area contributed by atoms with Crippen molar-refractivity contribution in [1.29, 1.82) is 0 Å².